The lowest BCUT2D eigenvalue weighted by Gasteiger charge is -2.05. The molecule has 0 aromatic carbocycles. The number of hydrogen-bond acceptors (Lipinski definition) is 4. The van der Waals surface area contributed by atoms with Crippen molar-refractivity contribution in [3.8, 4) is 0 Å². The van der Waals surface area contributed by atoms with Crippen molar-refractivity contribution in [2.45, 2.75) is 27.3 Å². The van der Waals surface area contributed by atoms with Crippen molar-refractivity contribution in [2.75, 3.05) is 5.43 Å². The fourth-order valence-corrected chi connectivity index (χ4v) is 1.72. The topological polar surface area (TPSA) is 68.8 Å². The summed E-state index contributed by atoms with van der Waals surface area (Å²) < 4.78 is 2.00. The number of nitrogens with two attached hydrogens (primary N) is 1. The van der Waals surface area contributed by atoms with E-state index in [9.17, 15) is 0 Å². The Morgan fingerprint density at radius 1 is 1.29 bits per heavy atom. The maximum atomic E-state index is 5.27. The Hall–Kier alpha value is -1.88. The van der Waals surface area contributed by atoms with Crippen molar-refractivity contribution in [2.24, 2.45) is 5.84 Å². The van der Waals surface area contributed by atoms with Gasteiger partial charge in [-0.3, -0.25) is 4.68 Å². The third-order valence-electron chi connectivity index (χ3n) is 3.05. The van der Waals surface area contributed by atoms with E-state index in [1.807, 2.05) is 23.7 Å². The second-order valence-corrected chi connectivity index (χ2v) is 4.15. The van der Waals surface area contributed by atoms with Crippen molar-refractivity contribution in [3.05, 3.63) is 40.8 Å². The minimum Gasteiger partial charge on any atom is -0.308 e. The summed E-state index contributed by atoms with van der Waals surface area (Å²) in [7, 11) is 0. The number of rotatable bonds is 3. The Labute approximate surface area is 101 Å². The number of nitrogen functional groups attached to an aromatic ring is 1. The lowest BCUT2D eigenvalue weighted by molar-refractivity contribution is 0.657. The molecule has 0 bridgehead atoms. The number of aryl methyl sites for hydroxylation is 1. The van der Waals surface area contributed by atoms with Gasteiger partial charge in [-0.1, -0.05) is 6.07 Å². The van der Waals surface area contributed by atoms with Gasteiger partial charge in [-0.25, -0.2) is 10.8 Å². The third-order valence-corrected chi connectivity index (χ3v) is 3.05. The molecule has 0 amide bonds. The summed E-state index contributed by atoms with van der Waals surface area (Å²) in [4.78, 5) is 4.18. The lowest BCUT2D eigenvalue weighted by Crippen LogP contribution is -2.09. The van der Waals surface area contributed by atoms with Crippen LogP contribution in [0.15, 0.2) is 18.3 Å². The summed E-state index contributed by atoms with van der Waals surface area (Å²) in [5.41, 5.74) is 7.14. The first-order chi connectivity index (χ1) is 8.11. The molecule has 2 aromatic rings. The van der Waals surface area contributed by atoms with Crippen LogP contribution in [-0.2, 0) is 6.54 Å². The standard InChI is InChI=1S/C12H17N5/c1-8-9(2)16-17(10(8)3)7-11-4-5-12(15-13)14-6-11/h4-6H,7,13H2,1-3H3,(H,14,15). The molecule has 3 N–H and O–H groups in total. The number of nitrogens with zero attached hydrogens (tertiary/aromatic N) is 3. The second kappa shape index (κ2) is 4.55. The number of nitrogens with one attached hydrogen (secondary N) is 1. The number of aromatic nitrogens is 3. The molecule has 0 atom stereocenters. The Bertz CT molecular complexity index is 512. The van der Waals surface area contributed by atoms with Crippen molar-refractivity contribution in [3.63, 3.8) is 0 Å². The van der Waals surface area contributed by atoms with Gasteiger partial charge in [0.25, 0.3) is 0 Å². The van der Waals surface area contributed by atoms with Gasteiger partial charge in [0.15, 0.2) is 0 Å². The van der Waals surface area contributed by atoms with Crippen molar-refractivity contribution >= 4 is 5.82 Å². The van der Waals surface area contributed by atoms with Crippen LogP contribution in [0.25, 0.3) is 0 Å². The molecule has 0 spiro atoms. The first-order valence-electron chi connectivity index (χ1n) is 5.54. The van der Waals surface area contributed by atoms with Gasteiger partial charge >= 0.3 is 0 Å². The van der Waals surface area contributed by atoms with Crippen LogP contribution >= 0.6 is 0 Å². The predicted molar refractivity (Wildman–Crippen MR) is 67.6 cm³/mol. The van der Waals surface area contributed by atoms with Crippen LogP contribution in [0.4, 0.5) is 5.82 Å². The maximum Gasteiger partial charge on any atom is 0.139 e. The predicted octanol–water partition coefficient (Wildman–Crippen LogP) is 1.54. The minimum atomic E-state index is 0.665. The van der Waals surface area contributed by atoms with Crippen LogP contribution in [0.2, 0.25) is 0 Å². The van der Waals surface area contributed by atoms with Crippen LogP contribution in [0.1, 0.15) is 22.5 Å². The van der Waals surface area contributed by atoms with E-state index >= 15 is 0 Å². The number of hydrogen-bond donors (Lipinski definition) is 2. The number of anilines is 1. The van der Waals surface area contributed by atoms with Crippen LogP contribution in [0.3, 0.4) is 0 Å². The first-order valence-corrected chi connectivity index (χ1v) is 5.54. The maximum absolute atomic E-state index is 5.27. The highest BCUT2D eigenvalue weighted by Gasteiger charge is 2.07. The van der Waals surface area contributed by atoms with Gasteiger partial charge in [-0.05, 0) is 38.0 Å². The molecule has 0 aliphatic rings. The zero-order chi connectivity index (χ0) is 12.4. The summed E-state index contributed by atoms with van der Waals surface area (Å²) >= 11 is 0. The first kappa shape index (κ1) is 11.6. The number of pyridine rings is 1. The van der Waals surface area contributed by atoms with E-state index in [-0.39, 0.29) is 0 Å². The highest BCUT2D eigenvalue weighted by Crippen LogP contribution is 2.13. The molecule has 0 unspecified atom stereocenters. The molecule has 2 heterocycles. The van der Waals surface area contributed by atoms with Crippen LogP contribution in [-0.4, -0.2) is 14.8 Å². The Morgan fingerprint density at radius 3 is 2.53 bits per heavy atom. The highest BCUT2D eigenvalue weighted by atomic mass is 15.3. The minimum absolute atomic E-state index is 0.665. The lowest BCUT2D eigenvalue weighted by atomic mass is 10.2. The van der Waals surface area contributed by atoms with E-state index in [1.54, 1.807) is 6.20 Å². The molecule has 0 radical (unpaired) electrons. The molecular weight excluding hydrogens is 214 g/mol. The Balaban J connectivity index is 2.22. The Morgan fingerprint density at radius 2 is 2.06 bits per heavy atom. The molecule has 17 heavy (non-hydrogen) atoms. The monoisotopic (exact) mass is 231 g/mol. The molecule has 90 valence electrons. The van der Waals surface area contributed by atoms with Gasteiger partial charge in [0.05, 0.1) is 12.2 Å². The highest BCUT2D eigenvalue weighted by molar-refractivity contribution is 5.34. The van der Waals surface area contributed by atoms with Gasteiger partial charge in [-0.2, -0.15) is 5.10 Å². The second-order valence-electron chi connectivity index (χ2n) is 4.15. The summed E-state index contributed by atoms with van der Waals surface area (Å²) in [6, 6.07) is 3.85. The SMILES string of the molecule is Cc1nn(Cc2ccc(NN)nc2)c(C)c1C. The molecule has 5 heteroatoms. The van der Waals surface area contributed by atoms with Gasteiger partial charge in [0.1, 0.15) is 5.82 Å². The summed E-state index contributed by atoms with van der Waals surface area (Å²) in [5, 5.41) is 4.50. The molecule has 0 aliphatic heterocycles. The quantitative estimate of drug-likeness (QED) is 0.621. The van der Waals surface area contributed by atoms with Crippen molar-refractivity contribution in [1.29, 1.82) is 0 Å². The van der Waals surface area contributed by atoms with E-state index in [2.05, 4.69) is 29.4 Å². The van der Waals surface area contributed by atoms with Crippen LogP contribution < -0.4 is 11.3 Å². The molecule has 5 nitrogen and oxygen atoms in total. The van der Waals surface area contributed by atoms with E-state index in [4.69, 9.17) is 5.84 Å². The molecule has 0 saturated heterocycles. The zero-order valence-corrected chi connectivity index (χ0v) is 10.4. The van der Waals surface area contributed by atoms with Crippen LogP contribution in [0.5, 0.6) is 0 Å². The van der Waals surface area contributed by atoms with Crippen molar-refractivity contribution in [1.82, 2.24) is 14.8 Å². The third kappa shape index (κ3) is 2.29. The smallest absolute Gasteiger partial charge is 0.139 e. The molecule has 0 aliphatic carbocycles. The molecule has 2 aromatic heterocycles. The van der Waals surface area contributed by atoms with Gasteiger partial charge < -0.3 is 5.43 Å². The molecule has 2 rings (SSSR count). The van der Waals surface area contributed by atoms with E-state index in [0.29, 0.717) is 5.82 Å². The van der Waals surface area contributed by atoms with E-state index in [0.717, 1.165) is 17.8 Å². The van der Waals surface area contributed by atoms with E-state index in [1.165, 1.54) is 11.3 Å². The largest absolute Gasteiger partial charge is 0.308 e. The summed E-state index contributed by atoms with van der Waals surface area (Å²) in [6.45, 7) is 6.93. The normalized spacial score (nSPS) is 10.6. The summed E-state index contributed by atoms with van der Waals surface area (Å²) in [5.74, 6) is 5.93. The average molecular weight is 231 g/mol. The molecule has 0 fully saturated rings. The molecular formula is C12H17N5. The fourth-order valence-electron chi connectivity index (χ4n) is 1.72. The Kier molecular flexibility index (Phi) is 3.10. The fraction of sp³-hybridized carbons (Fsp3) is 0.333. The summed E-state index contributed by atoms with van der Waals surface area (Å²) in [6.07, 6.45) is 1.81. The zero-order valence-electron chi connectivity index (χ0n) is 10.4. The van der Waals surface area contributed by atoms with Crippen molar-refractivity contribution < 1.29 is 0 Å². The van der Waals surface area contributed by atoms with Gasteiger partial charge in [-0.15, -0.1) is 0 Å². The van der Waals surface area contributed by atoms with E-state index < -0.39 is 0 Å². The average Bonchev–Trinajstić information content (AvgIpc) is 2.58. The van der Waals surface area contributed by atoms with Crippen LogP contribution in [0, 0.1) is 20.8 Å². The number of hydrazine groups is 1. The van der Waals surface area contributed by atoms with Gasteiger partial charge in [0, 0.05) is 11.9 Å². The van der Waals surface area contributed by atoms with Gasteiger partial charge in [0.2, 0.25) is 0 Å². The molecule has 0 saturated carbocycles.